The highest BCUT2D eigenvalue weighted by Gasteiger charge is 2.28. The quantitative estimate of drug-likeness (QED) is 0.290. The van der Waals surface area contributed by atoms with Crippen LogP contribution in [0, 0.1) is 5.82 Å². The second kappa shape index (κ2) is 12.4. The summed E-state index contributed by atoms with van der Waals surface area (Å²) in [6.45, 7) is 7.63. The molecule has 2 saturated heterocycles. The summed E-state index contributed by atoms with van der Waals surface area (Å²) in [5.41, 5.74) is 2.34. The van der Waals surface area contributed by atoms with Crippen LogP contribution in [0.3, 0.4) is 0 Å². The SMILES string of the molecule is CCOS(=O)(=O)n1cc(-c2nc(Nc3ccc(N4CCC(N5CCN(C)CC5)CC4)c(F)c3)ncc2Cl)c2ccccc21. The Hall–Kier alpha value is -3.29. The lowest BCUT2D eigenvalue weighted by atomic mass is 10.0. The van der Waals surface area contributed by atoms with Gasteiger partial charge in [-0.1, -0.05) is 29.8 Å². The van der Waals surface area contributed by atoms with E-state index in [1.165, 1.54) is 18.5 Å². The Morgan fingerprint density at radius 2 is 1.81 bits per heavy atom. The van der Waals surface area contributed by atoms with Crippen LogP contribution in [0.4, 0.5) is 21.7 Å². The number of likely N-dealkylation sites (N-methyl/N-ethyl adjacent to an activating group) is 1. The molecule has 0 spiro atoms. The van der Waals surface area contributed by atoms with Gasteiger partial charge < -0.3 is 15.1 Å². The molecule has 0 radical (unpaired) electrons. The predicted octanol–water partition coefficient (Wildman–Crippen LogP) is 4.98. The van der Waals surface area contributed by atoms with Crippen LogP contribution >= 0.6 is 11.6 Å². The molecule has 0 atom stereocenters. The van der Waals surface area contributed by atoms with Gasteiger partial charge in [-0.05, 0) is 51.1 Å². The molecule has 0 saturated carbocycles. The molecular formula is C30H35ClFN7O3S. The van der Waals surface area contributed by atoms with Gasteiger partial charge in [-0.3, -0.25) is 9.08 Å². The van der Waals surface area contributed by atoms with Crippen molar-refractivity contribution in [3.63, 3.8) is 0 Å². The fraction of sp³-hybridized carbons (Fsp3) is 0.400. The molecule has 2 aromatic carbocycles. The van der Waals surface area contributed by atoms with Crippen molar-refractivity contribution in [2.24, 2.45) is 0 Å². The fourth-order valence-electron chi connectivity index (χ4n) is 5.97. The molecule has 2 aliphatic heterocycles. The van der Waals surface area contributed by atoms with Gasteiger partial charge in [0.1, 0.15) is 5.82 Å². The summed E-state index contributed by atoms with van der Waals surface area (Å²) in [4.78, 5) is 15.9. The number of hydrogen-bond acceptors (Lipinski definition) is 9. The molecule has 0 amide bonds. The van der Waals surface area contributed by atoms with Gasteiger partial charge in [0.05, 0.1) is 34.7 Å². The van der Waals surface area contributed by atoms with Crippen LogP contribution < -0.4 is 10.2 Å². The van der Waals surface area contributed by atoms with Crippen molar-refractivity contribution in [3.8, 4) is 11.3 Å². The number of benzene rings is 2. The molecule has 6 rings (SSSR count). The van der Waals surface area contributed by atoms with Crippen LogP contribution in [0.5, 0.6) is 0 Å². The van der Waals surface area contributed by atoms with Gasteiger partial charge in [0.15, 0.2) is 0 Å². The lowest BCUT2D eigenvalue weighted by Crippen LogP contribution is -2.52. The molecule has 43 heavy (non-hydrogen) atoms. The third-order valence-corrected chi connectivity index (χ3v) is 9.84. The molecule has 2 fully saturated rings. The van der Waals surface area contributed by atoms with Crippen molar-refractivity contribution < 1.29 is 17.0 Å². The molecule has 2 aromatic heterocycles. The van der Waals surface area contributed by atoms with E-state index in [1.807, 2.05) is 6.07 Å². The van der Waals surface area contributed by atoms with E-state index in [0.717, 1.165) is 56.1 Å². The summed E-state index contributed by atoms with van der Waals surface area (Å²) in [6, 6.07) is 12.6. The molecule has 4 aromatic rings. The van der Waals surface area contributed by atoms with Crippen LogP contribution in [0.25, 0.3) is 22.2 Å². The number of halogens is 2. The standard InChI is InChI=1S/C30H35ClFN7O3S/c1-3-42-43(40,41)39-20-24(23-6-4-5-7-27(23)39)29-25(31)19-33-30(35-29)34-21-8-9-28(26(32)18-21)38-12-10-22(11-13-38)37-16-14-36(2)15-17-37/h4-9,18-20,22H,3,10-17H2,1-2H3,(H,33,34,35). The Morgan fingerprint density at radius 3 is 2.53 bits per heavy atom. The Bertz CT molecular complexity index is 1720. The van der Waals surface area contributed by atoms with Crippen LogP contribution in [-0.2, 0) is 14.5 Å². The lowest BCUT2D eigenvalue weighted by Gasteiger charge is -2.42. The van der Waals surface area contributed by atoms with E-state index in [-0.39, 0.29) is 23.4 Å². The normalized spacial score (nSPS) is 17.5. The van der Waals surface area contributed by atoms with Crippen LogP contribution in [-0.4, -0.2) is 91.1 Å². The maximum Gasteiger partial charge on any atom is 0.366 e. The molecule has 0 bridgehead atoms. The Balaban J connectivity index is 1.20. The van der Waals surface area contributed by atoms with Gasteiger partial charge in [0.25, 0.3) is 0 Å². The Labute approximate surface area is 256 Å². The number of aromatic nitrogens is 3. The zero-order valence-corrected chi connectivity index (χ0v) is 25.8. The van der Waals surface area contributed by atoms with E-state index in [1.54, 1.807) is 37.3 Å². The van der Waals surface area contributed by atoms with Crippen molar-refractivity contribution in [2.75, 3.05) is 63.1 Å². The highest BCUT2D eigenvalue weighted by molar-refractivity contribution is 7.85. The summed E-state index contributed by atoms with van der Waals surface area (Å²) in [7, 11) is -1.90. The van der Waals surface area contributed by atoms with E-state index in [9.17, 15) is 8.42 Å². The number of fused-ring (bicyclic) bond motifs is 1. The van der Waals surface area contributed by atoms with Gasteiger partial charge in [-0.25, -0.2) is 18.3 Å². The van der Waals surface area contributed by atoms with Gasteiger partial charge >= 0.3 is 10.3 Å². The minimum Gasteiger partial charge on any atom is -0.369 e. The molecule has 2 aliphatic rings. The van der Waals surface area contributed by atoms with E-state index >= 15 is 4.39 Å². The van der Waals surface area contributed by atoms with Gasteiger partial charge in [0, 0.05) is 68.1 Å². The van der Waals surface area contributed by atoms with Gasteiger partial charge in [-0.15, -0.1) is 0 Å². The highest BCUT2D eigenvalue weighted by Crippen LogP contribution is 2.35. The predicted molar refractivity (Wildman–Crippen MR) is 168 cm³/mol. The Morgan fingerprint density at radius 1 is 1.07 bits per heavy atom. The van der Waals surface area contributed by atoms with E-state index < -0.39 is 10.3 Å². The van der Waals surface area contributed by atoms with E-state index in [0.29, 0.717) is 39.6 Å². The van der Waals surface area contributed by atoms with Crippen molar-refractivity contribution in [2.45, 2.75) is 25.8 Å². The summed E-state index contributed by atoms with van der Waals surface area (Å²) in [5.74, 6) is -0.120. The topological polar surface area (TPSA) is 95.8 Å². The van der Waals surface area contributed by atoms with Crippen molar-refractivity contribution in [1.29, 1.82) is 0 Å². The molecular weight excluding hydrogens is 593 g/mol. The van der Waals surface area contributed by atoms with Crippen LogP contribution in [0.2, 0.25) is 5.02 Å². The largest absolute Gasteiger partial charge is 0.369 e. The average molecular weight is 628 g/mol. The van der Waals surface area contributed by atoms with Crippen molar-refractivity contribution in [1.82, 2.24) is 23.7 Å². The van der Waals surface area contributed by atoms with Crippen LogP contribution in [0.15, 0.2) is 54.9 Å². The number of rotatable bonds is 8. The minimum absolute atomic E-state index is 0.00323. The second-order valence-electron chi connectivity index (χ2n) is 11.0. The maximum atomic E-state index is 15.4. The minimum atomic E-state index is -4.06. The number of nitrogens with one attached hydrogen (secondary N) is 1. The molecule has 0 aliphatic carbocycles. The number of hydrogen-bond donors (Lipinski definition) is 1. The number of anilines is 3. The number of para-hydroxylation sites is 1. The zero-order chi connectivity index (χ0) is 30.1. The first-order valence-electron chi connectivity index (χ1n) is 14.5. The van der Waals surface area contributed by atoms with Crippen molar-refractivity contribution in [3.05, 3.63) is 65.7 Å². The molecule has 1 N–H and O–H groups in total. The highest BCUT2D eigenvalue weighted by atomic mass is 35.5. The first-order chi connectivity index (χ1) is 20.7. The van der Waals surface area contributed by atoms with Gasteiger partial charge in [0.2, 0.25) is 5.95 Å². The van der Waals surface area contributed by atoms with Gasteiger partial charge in [-0.2, -0.15) is 8.42 Å². The van der Waals surface area contributed by atoms with Crippen molar-refractivity contribution >= 4 is 50.1 Å². The fourth-order valence-corrected chi connectivity index (χ4v) is 7.21. The molecule has 228 valence electrons. The summed E-state index contributed by atoms with van der Waals surface area (Å²) < 4.78 is 47.0. The second-order valence-corrected chi connectivity index (χ2v) is 12.9. The lowest BCUT2D eigenvalue weighted by molar-refractivity contribution is 0.0981. The average Bonchev–Trinajstić information content (AvgIpc) is 3.39. The summed E-state index contributed by atoms with van der Waals surface area (Å²) in [6.07, 6.45) is 4.92. The maximum absolute atomic E-state index is 15.4. The van der Waals surface area contributed by atoms with E-state index in [2.05, 4.69) is 37.0 Å². The number of piperidine rings is 1. The third kappa shape index (κ3) is 6.20. The molecule has 13 heteroatoms. The Kier molecular flexibility index (Phi) is 8.56. The van der Waals surface area contributed by atoms with Crippen LogP contribution in [0.1, 0.15) is 19.8 Å². The number of nitrogens with zero attached hydrogens (tertiary/aromatic N) is 6. The monoisotopic (exact) mass is 627 g/mol. The smallest absolute Gasteiger partial charge is 0.366 e. The third-order valence-electron chi connectivity index (χ3n) is 8.25. The first-order valence-corrected chi connectivity index (χ1v) is 16.2. The summed E-state index contributed by atoms with van der Waals surface area (Å²) >= 11 is 6.50. The number of piperazine rings is 1. The summed E-state index contributed by atoms with van der Waals surface area (Å²) in [5, 5.41) is 3.94. The van der Waals surface area contributed by atoms with E-state index in [4.69, 9.17) is 15.8 Å². The zero-order valence-electron chi connectivity index (χ0n) is 24.2. The first kappa shape index (κ1) is 29.8. The molecule has 0 unspecified atom stereocenters. The molecule has 10 nitrogen and oxygen atoms in total. The molecule has 4 heterocycles.